The summed E-state index contributed by atoms with van der Waals surface area (Å²) in [5.74, 6) is 1.47. The number of likely N-dealkylation sites (tertiary alicyclic amines) is 1. The molecule has 0 bridgehead atoms. The predicted octanol–water partition coefficient (Wildman–Crippen LogP) is -0.376. The smallest absolute Gasteiger partial charge is 0.410 e. The van der Waals surface area contributed by atoms with Gasteiger partial charge < -0.3 is 34.8 Å². The van der Waals surface area contributed by atoms with Crippen LogP contribution in [0.3, 0.4) is 0 Å². The Balaban J connectivity index is 1.35. The Morgan fingerprint density at radius 2 is 1.86 bits per heavy atom. The average molecular weight is 484 g/mol. The normalized spacial score (nSPS) is 17.7. The molecule has 5 rings (SSSR count). The molecule has 5 heterocycles. The van der Waals surface area contributed by atoms with Crippen molar-refractivity contribution in [3.63, 3.8) is 0 Å². The van der Waals surface area contributed by atoms with Gasteiger partial charge in [-0.05, 0) is 6.42 Å². The van der Waals surface area contributed by atoms with Crippen molar-refractivity contribution in [2.24, 2.45) is 0 Å². The fourth-order valence-electron chi connectivity index (χ4n) is 4.37. The minimum atomic E-state index is -0.479. The number of morpholine rings is 1. The van der Waals surface area contributed by atoms with E-state index in [1.54, 1.807) is 31.4 Å². The second kappa shape index (κ2) is 9.49. The molecular weight excluding hydrogens is 454 g/mol. The molecule has 186 valence electrons. The highest BCUT2D eigenvalue weighted by Crippen LogP contribution is 2.37. The lowest BCUT2D eigenvalue weighted by molar-refractivity contribution is -0.132. The van der Waals surface area contributed by atoms with Crippen LogP contribution in [0.15, 0.2) is 12.4 Å². The molecule has 2 N–H and O–H groups in total. The number of aromatic nitrogens is 4. The summed E-state index contributed by atoms with van der Waals surface area (Å²) in [6.07, 6.45) is 3.67. The van der Waals surface area contributed by atoms with Gasteiger partial charge in [0.15, 0.2) is 6.61 Å². The Labute approximate surface area is 202 Å². The van der Waals surface area contributed by atoms with Crippen molar-refractivity contribution in [1.29, 1.82) is 0 Å². The Morgan fingerprint density at radius 3 is 2.54 bits per heavy atom. The Bertz CT molecular complexity index is 1100. The SMILES string of the molecule is CN(C)C(=O)COC(=O)N1CC(N2CCc3c(-c4cnc(N)nc4)nc(N4CCOCC4)nc32)C1. The molecule has 3 aliphatic rings. The molecule has 2 fully saturated rings. The number of amides is 2. The van der Waals surface area contributed by atoms with Crippen LogP contribution in [0.25, 0.3) is 11.3 Å². The molecule has 2 saturated heterocycles. The van der Waals surface area contributed by atoms with Crippen LogP contribution in [0.2, 0.25) is 0 Å². The Morgan fingerprint density at radius 1 is 1.14 bits per heavy atom. The van der Waals surface area contributed by atoms with Gasteiger partial charge in [0.1, 0.15) is 5.82 Å². The topological polar surface area (TPSA) is 143 Å². The van der Waals surface area contributed by atoms with Gasteiger partial charge in [0, 0.05) is 70.3 Å². The molecule has 0 aliphatic carbocycles. The van der Waals surface area contributed by atoms with E-state index in [4.69, 9.17) is 25.2 Å². The molecule has 13 heteroatoms. The molecule has 3 aliphatic heterocycles. The van der Waals surface area contributed by atoms with Crippen molar-refractivity contribution in [3.05, 3.63) is 18.0 Å². The number of fused-ring (bicyclic) bond motifs is 1. The summed E-state index contributed by atoms with van der Waals surface area (Å²) in [4.78, 5) is 49.5. The highest BCUT2D eigenvalue weighted by atomic mass is 16.6. The van der Waals surface area contributed by atoms with Crippen LogP contribution in [0.4, 0.5) is 22.5 Å². The van der Waals surface area contributed by atoms with Crippen molar-refractivity contribution in [1.82, 2.24) is 29.7 Å². The largest absolute Gasteiger partial charge is 0.439 e. The van der Waals surface area contributed by atoms with Gasteiger partial charge in [0.25, 0.3) is 5.91 Å². The zero-order valence-corrected chi connectivity index (χ0v) is 19.9. The summed E-state index contributed by atoms with van der Waals surface area (Å²) < 4.78 is 10.6. The number of ether oxygens (including phenoxy) is 2. The summed E-state index contributed by atoms with van der Waals surface area (Å²) in [5.41, 5.74) is 8.32. The Hall–Kier alpha value is -3.74. The molecule has 2 aromatic heterocycles. The molecule has 0 saturated carbocycles. The third-order valence-electron chi connectivity index (χ3n) is 6.47. The minimum Gasteiger partial charge on any atom is -0.439 e. The summed E-state index contributed by atoms with van der Waals surface area (Å²) in [6, 6.07) is 0.108. The summed E-state index contributed by atoms with van der Waals surface area (Å²) in [7, 11) is 3.25. The maximum absolute atomic E-state index is 12.3. The van der Waals surface area contributed by atoms with Crippen LogP contribution >= 0.6 is 0 Å². The summed E-state index contributed by atoms with van der Waals surface area (Å²) in [5, 5.41) is 0. The van der Waals surface area contributed by atoms with Gasteiger partial charge in [-0.25, -0.2) is 19.7 Å². The average Bonchev–Trinajstić information content (AvgIpc) is 3.25. The van der Waals surface area contributed by atoms with Gasteiger partial charge in [-0.15, -0.1) is 0 Å². The van der Waals surface area contributed by atoms with Gasteiger partial charge in [0.05, 0.1) is 24.9 Å². The standard InChI is InChI=1S/C22H29N9O4/c1-28(2)17(32)13-35-22(33)30-11-15(12-30)31-4-3-16-18(14-9-24-20(23)25-10-14)26-21(27-19(16)31)29-5-7-34-8-6-29/h9-10,15H,3-8,11-13H2,1-2H3,(H2,23,24,25). The van der Waals surface area contributed by atoms with Crippen LogP contribution in [-0.4, -0.2) is 114 Å². The first-order valence-corrected chi connectivity index (χ1v) is 11.6. The van der Waals surface area contributed by atoms with Crippen molar-refractivity contribution >= 4 is 29.7 Å². The lowest BCUT2D eigenvalue weighted by atomic mass is 10.1. The van der Waals surface area contributed by atoms with Gasteiger partial charge in [-0.2, -0.15) is 4.98 Å². The van der Waals surface area contributed by atoms with Crippen LogP contribution in [0.1, 0.15) is 5.56 Å². The zero-order chi connectivity index (χ0) is 24.5. The predicted molar refractivity (Wildman–Crippen MR) is 127 cm³/mol. The number of hydrogen-bond donors (Lipinski definition) is 1. The number of likely N-dealkylation sites (N-methyl/N-ethyl adjacent to an activating group) is 1. The number of nitrogens with two attached hydrogens (primary N) is 1. The quantitative estimate of drug-likeness (QED) is 0.594. The van der Waals surface area contributed by atoms with E-state index in [2.05, 4.69) is 19.8 Å². The maximum Gasteiger partial charge on any atom is 0.410 e. The fraction of sp³-hybridized carbons (Fsp3) is 0.545. The van der Waals surface area contributed by atoms with Crippen LogP contribution in [0.5, 0.6) is 0 Å². The summed E-state index contributed by atoms with van der Waals surface area (Å²) >= 11 is 0. The number of nitrogen functional groups attached to an aromatic ring is 1. The van der Waals surface area contributed by atoms with E-state index in [0.29, 0.717) is 45.3 Å². The third kappa shape index (κ3) is 4.63. The van der Waals surface area contributed by atoms with E-state index < -0.39 is 6.09 Å². The van der Waals surface area contributed by atoms with E-state index in [0.717, 1.165) is 35.6 Å². The second-order valence-corrected chi connectivity index (χ2v) is 8.95. The lowest BCUT2D eigenvalue weighted by Gasteiger charge is -2.43. The molecular formula is C22H29N9O4. The van der Waals surface area contributed by atoms with Crippen LogP contribution < -0.4 is 15.5 Å². The third-order valence-corrected chi connectivity index (χ3v) is 6.47. The monoisotopic (exact) mass is 483 g/mol. The van der Waals surface area contributed by atoms with Crippen molar-refractivity contribution in [2.75, 3.05) is 82.2 Å². The van der Waals surface area contributed by atoms with Gasteiger partial charge in [-0.3, -0.25) is 4.79 Å². The first kappa shape index (κ1) is 23.0. The first-order chi connectivity index (χ1) is 16.9. The highest BCUT2D eigenvalue weighted by molar-refractivity contribution is 5.80. The van der Waals surface area contributed by atoms with Gasteiger partial charge in [-0.1, -0.05) is 0 Å². The van der Waals surface area contributed by atoms with Gasteiger partial charge in [0.2, 0.25) is 11.9 Å². The molecule has 2 amide bonds. The van der Waals surface area contributed by atoms with Crippen molar-refractivity contribution < 1.29 is 19.1 Å². The van der Waals surface area contributed by atoms with E-state index in [1.807, 2.05) is 0 Å². The zero-order valence-electron chi connectivity index (χ0n) is 19.9. The van der Waals surface area contributed by atoms with E-state index in [9.17, 15) is 9.59 Å². The second-order valence-electron chi connectivity index (χ2n) is 8.95. The van der Waals surface area contributed by atoms with Crippen LogP contribution in [-0.2, 0) is 20.7 Å². The first-order valence-electron chi connectivity index (χ1n) is 11.6. The van der Waals surface area contributed by atoms with Crippen molar-refractivity contribution in [3.8, 4) is 11.3 Å². The molecule has 13 nitrogen and oxygen atoms in total. The molecule has 0 radical (unpaired) electrons. The molecule has 0 unspecified atom stereocenters. The number of carbonyl (C=O) groups is 2. The van der Waals surface area contributed by atoms with Crippen molar-refractivity contribution in [2.45, 2.75) is 12.5 Å². The Kier molecular flexibility index (Phi) is 6.24. The van der Waals surface area contributed by atoms with E-state index in [1.165, 1.54) is 4.90 Å². The molecule has 35 heavy (non-hydrogen) atoms. The highest BCUT2D eigenvalue weighted by Gasteiger charge is 2.40. The molecule has 0 aromatic carbocycles. The lowest BCUT2D eigenvalue weighted by Crippen LogP contribution is -2.61. The van der Waals surface area contributed by atoms with E-state index in [-0.39, 0.29) is 24.5 Å². The number of carbonyl (C=O) groups excluding carboxylic acids is 2. The molecule has 2 aromatic rings. The van der Waals surface area contributed by atoms with Crippen LogP contribution in [0, 0.1) is 0 Å². The van der Waals surface area contributed by atoms with Gasteiger partial charge >= 0.3 is 6.09 Å². The number of rotatable bonds is 5. The summed E-state index contributed by atoms with van der Waals surface area (Å²) in [6.45, 7) is 4.20. The fourth-order valence-corrected chi connectivity index (χ4v) is 4.37. The molecule has 0 atom stereocenters. The number of anilines is 3. The maximum atomic E-state index is 12.3. The number of nitrogens with zero attached hydrogens (tertiary/aromatic N) is 8. The van der Waals surface area contributed by atoms with E-state index >= 15 is 0 Å². The minimum absolute atomic E-state index is 0.108. The molecule has 0 spiro atoms. The number of hydrogen-bond acceptors (Lipinski definition) is 11.